The summed E-state index contributed by atoms with van der Waals surface area (Å²) in [5.41, 5.74) is 6.15. The number of hydrogen-bond donors (Lipinski definition) is 2. The van der Waals surface area contributed by atoms with Gasteiger partial charge in [-0.2, -0.15) is 0 Å². The van der Waals surface area contributed by atoms with Crippen LogP contribution in [0.1, 0.15) is 11.6 Å². The second-order valence-electron chi connectivity index (χ2n) is 3.77. The van der Waals surface area contributed by atoms with Crippen LogP contribution in [0.2, 0.25) is 0 Å². The van der Waals surface area contributed by atoms with Crippen LogP contribution >= 0.6 is 0 Å². The van der Waals surface area contributed by atoms with E-state index in [1.54, 1.807) is 12.1 Å². The molecule has 1 aromatic rings. The summed E-state index contributed by atoms with van der Waals surface area (Å²) in [5, 5.41) is 9.74. The Kier molecular flexibility index (Phi) is 4.20. The van der Waals surface area contributed by atoms with E-state index in [2.05, 4.69) is 0 Å². The Morgan fingerprint density at radius 1 is 1.47 bits per heavy atom. The zero-order valence-electron chi connectivity index (χ0n) is 9.02. The first kappa shape index (κ1) is 12.1. The lowest BCUT2D eigenvalue weighted by Crippen LogP contribution is -2.36. The van der Waals surface area contributed by atoms with Gasteiger partial charge in [-0.25, -0.2) is 4.39 Å². The van der Waals surface area contributed by atoms with Gasteiger partial charge in [0.05, 0.1) is 12.1 Å². The van der Waals surface area contributed by atoms with Crippen molar-refractivity contribution in [3.05, 3.63) is 35.6 Å². The molecule has 1 rings (SSSR count). The molecule has 3 N–H and O–H groups in total. The van der Waals surface area contributed by atoms with Gasteiger partial charge in [-0.1, -0.05) is 12.1 Å². The molecule has 0 radical (unpaired) electrons. The molecule has 2 atom stereocenters. The van der Waals surface area contributed by atoms with Gasteiger partial charge in [0.2, 0.25) is 0 Å². The Morgan fingerprint density at radius 2 is 2.13 bits per heavy atom. The molecule has 0 saturated carbocycles. The minimum Gasteiger partial charge on any atom is -0.390 e. The molecule has 15 heavy (non-hydrogen) atoms. The van der Waals surface area contributed by atoms with Crippen molar-refractivity contribution in [1.82, 2.24) is 4.90 Å². The molecule has 0 aromatic heterocycles. The Labute approximate surface area is 89.3 Å². The summed E-state index contributed by atoms with van der Waals surface area (Å²) in [4.78, 5) is 1.83. The second kappa shape index (κ2) is 5.21. The highest BCUT2D eigenvalue weighted by molar-refractivity contribution is 5.21. The van der Waals surface area contributed by atoms with E-state index in [0.717, 1.165) is 5.56 Å². The van der Waals surface area contributed by atoms with E-state index in [-0.39, 0.29) is 18.4 Å². The SMILES string of the molecule is CN(C)C(c1cccc(F)c1)C(O)CN. The average molecular weight is 212 g/mol. The molecular weight excluding hydrogens is 195 g/mol. The number of nitrogens with two attached hydrogens (primary N) is 1. The van der Waals surface area contributed by atoms with E-state index >= 15 is 0 Å². The van der Waals surface area contributed by atoms with Crippen LogP contribution in [0.4, 0.5) is 4.39 Å². The number of rotatable bonds is 4. The van der Waals surface area contributed by atoms with Gasteiger partial charge in [-0.05, 0) is 31.8 Å². The van der Waals surface area contributed by atoms with Crippen molar-refractivity contribution in [2.24, 2.45) is 5.73 Å². The molecule has 0 heterocycles. The maximum atomic E-state index is 13.0. The molecule has 2 unspecified atom stereocenters. The van der Waals surface area contributed by atoms with Crippen molar-refractivity contribution in [1.29, 1.82) is 0 Å². The van der Waals surface area contributed by atoms with E-state index in [1.807, 2.05) is 19.0 Å². The van der Waals surface area contributed by atoms with Crippen molar-refractivity contribution in [3.63, 3.8) is 0 Å². The number of benzene rings is 1. The maximum absolute atomic E-state index is 13.0. The fourth-order valence-electron chi connectivity index (χ4n) is 1.68. The first-order valence-corrected chi connectivity index (χ1v) is 4.86. The highest BCUT2D eigenvalue weighted by atomic mass is 19.1. The third kappa shape index (κ3) is 2.99. The fraction of sp³-hybridized carbons (Fsp3) is 0.455. The molecule has 84 valence electrons. The molecule has 4 heteroatoms. The molecule has 1 aromatic carbocycles. The average Bonchev–Trinajstić information content (AvgIpc) is 2.17. The third-order valence-corrected chi connectivity index (χ3v) is 2.35. The third-order valence-electron chi connectivity index (χ3n) is 2.35. The van der Waals surface area contributed by atoms with Gasteiger partial charge in [0.1, 0.15) is 5.82 Å². The van der Waals surface area contributed by atoms with Crippen LogP contribution in [-0.2, 0) is 0 Å². The van der Waals surface area contributed by atoms with Crippen LogP contribution in [0.5, 0.6) is 0 Å². The number of likely N-dealkylation sites (N-methyl/N-ethyl adjacent to an activating group) is 1. The largest absolute Gasteiger partial charge is 0.390 e. The van der Waals surface area contributed by atoms with Crippen LogP contribution in [0.25, 0.3) is 0 Å². The number of aliphatic hydroxyl groups is 1. The van der Waals surface area contributed by atoms with Crippen molar-refractivity contribution >= 4 is 0 Å². The lowest BCUT2D eigenvalue weighted by molar-refractivity contribution is 0.0822. The van der Waals surface area contributed by atoms with Gasteiger partial charge < -0.3 is 15.7 Å². The normalized spacial score (nSPS) is 15.3. The fourth-order valence-corrected chi connectivity index (χ4v) is 1.68. The van der Waals surface area contributed by atoms with E-state index in [0.29, 0.717) is 0 Å². The predicted molar refractivity (Wildman–Crippen MR) is 57.9 cm³/mol. The lowest BCUT2D eigenvalue weighted by Gasteiger charge is -2.28. The zero-order chi connectivity index (χ0) is 11.4. The topological polar surface area (TPSA) is 49.5 Å². The minimum absolute atomic E-state index is 0.152. The highest BCUT2D eigenvalue weighted by Gasteiger charge is 2.22. The molecule has 0 aliphatic heterocycles. The maximum Gasteiger partial charge on any atom is 0.123 e. The first-order valence-electron chi connectivity index (χ1n) is 4.86. The molecule has 0 aliphatic carbocycles. The van der Waals surface area contributed by atoms with Crippen molar-refractivity contribution < 1.29 is 9.50 Å². The summed E-state index contributed by atoms with van der Waals surface area (Å²) < 4.78 is 13.0. The summed E-state index contributed by atoms with van der Waals surface area (Å²) in [6, 6.07) is 5.94. The van der Waals surface area contributed by atoms with Gasteiger partial charge in [-0.3, -0.25) is 0 Å². The van der Waals surface area contributed by atoms with Crippen LogP contribution in [-0.4, -0.2) is 36.8 Å². The Balaban J connectivity index is 2.99. The smallest absolute Gasteiger partial charge is 0.123 e. The van der Waals surface area contributed by atoms with Gasteiger partial charge in [0.25, 0.3) is 0 Å². The standard InChI is InChI=1S/C11H17FN2O/c1-14(2)11(10(15)7-13)8-4-3-5-9(12)6-8/h3-6,10-11,15H,7,13H2,1-2H3. The summed E-state index contributed by atoms with van der Waals surface area (Å²) >= 11 is 0. The van der Waals surface area contributed by atoms with E-state index < -0.39 is 6.10 Å². The monoisotopic (exact) mass is 212 g/mol. The molecule has 0 bridgehead atoms. The first-order chi connectivity index (χ1) is 7.06. The number of hydrogen-bond acceptors (Lipinski definition) is 3. The minimum atomic E-state index is -0.693. The lowest BCUT2D eigenvalue weighted by atomic mass is 10.0. The number of halogens is 1. The van der Waals surface area contributed by atoms with E-state index in [9.17, 15) is 9.50 Å². The molecule has 0 saturated heterocycles. The Bertz CT molecular complexity index is 317. The number of aliphatic hydroxyl groups excluding tert-OH is 1. The quantitative estimate of drug-likeness (QED) is 0.774. The van der Waals surface area contributed by atoms with Gasteiger partial charge >= 0.3 is 0 Å². The molecular formula is C11H17FN2O. The number of nitrogens with zero attached hydrogens (tertiary/aromatic N) is 1. The Hall–Kier alpha value is -0.970. The summed E-state index contributed by atoms with van der Waals surface area (Å²) in [6.45, 7) is 0.152. The second-order valence-corrected chi connectivity index (χ2v) is 3.77. The predicted octanol–water partition coefficient (Wildman–Crippen LogP) is 0.748. The highest BCUT2D eigenvalue weighted by Crippen LogP contribution is 2.22. The van der Waals surface area contributed by atoms with E-state index in [4.69, 9.17) is 5.73 Å². The molecule has 0 amide bonds. The summed E-state index contributed by atoms with van der Waals surface area (Å²) in [7, 11) is 3.66. The van der Waals surface area contributed by atoms with Gasteiger partial charge in [-0.15, -0.1) is 0 Å². The van der Waals surface area contributed by atoms with Gasteiger partial charge in [0.15, 0.2) is 0 Å². The van der Waals surface area contributed by atoms with Crippen LogP contribution in [0, 0.1) is 5.82 Å². The molecule has 3 nitrogen and oxygen atoms in total. The summed E-state index contributed by atoms with van der Waals surface area (Å²) in [5.74, 6) is -0.302. The summed E-state index contributed by atoms with van der Waals surface area (Å²) in [6.07, 6.45) is -0.693. The van der Waals surface area contributed by atoms with Crippen molar-refractivity contribution in [2.45, 2.75) is 12.1 Å². The molecule has 0 aliphatic rings. The van der Waals surface area contributed by atoms with Crippen LogP contribution in [0.3, 0.4) is 0 Å². The molecule has 0 fully saturated rings. The van der Waals surface area contributed by atoms with Crippen LogP contribution in [0.15, 0.2) is 24.3 Å². The van der Waals surface area contributed by atoms with Crippen molar-refractivity contribution in [3.8, 4) is 0 Å². The Morgan fingerprint density at radius 3 is 2.60 bits per heavy atom. The van der Waals surface area contributed by atoms with Crippen LogP contribution < -0.4 is 5.73 Å². The van der Waals surface area contributed by atoms with Gasteiger partial charge in [0, 0.05) is 6.54 Å². The van der Waals surface area contributed by atoms with E-state index in [1.165, 1.54) is 12.1 Å². The van der Waals surface area contributed by atoms with Crippen molar-refractivity contribution in [2.75, 3.05) is 20.6 Å². The molecule has 0 spiro atoms. The zero-order valence-corrected chi connectivity index (χ0v) is 9.02.